The van der Waals surface area contributed by atoms with E-state index < -0.39 is 22.9 Å². The van der Waals surface area contributed by atoms with Crippen molar-refractivity contribution >= 4 is 11.6 Å². The fourth-order valence-corrected chi connectivity index (χ4v) is 2.87. The standard InChI is InChI=1S/C15H19F3N2O/c1-2-3-15(4-6-19-7-5-15)14(21)20-10-8-11(16)13(18)12(17)9-10/h8-9,19H,2-7H2,1H3,(H,20,21). The fourth-order valence-electron chi connectivity index (χ4n) is 2.87. The average molecular weight is 300 g/mol. The molecule has 21 heavy (non-hydrogen) atoms. The van der Waals surface area contributed by atoms with Gasteiger partial charge in [-0.25, -0.2) is 13.2 Å². The number of halogens is 3. The van der Waals surface area contributed by atoms with Crippen LogP contribution in [0.25, 0.3) is 0 Å². The molecule has 1 aliphatic heterocycles. The van der Waals surface area contributed by atoms with Crippen LogP contribution in [0.2, 0.25) is 0 Å². The smallest absolute Gasteiger partial charge is 0.230 e. The maximum absolute atomic E-state index is 13.2. The molecule has 2 rings (SSSR count). The largest absolute Gasteiger partial charge is 0.325 e. The highest BCUT2D eigenvalue weighted by Gasteiger charge is 2.38. The number of piperidine rings is 1. The lowest BCUT2D eigenvalue weighted by Crippen LogP contribution is -2.44. The highest BCUT2D eigenvalue weighted by molar-refractivity contribution is 5.95. The third-order valence-corrected chi connectivity index (χ3v) is 4.01. The molecule has 1 aliphatic rings. The van der Waals surface area contributed by atoms with Crippen LogP contribution < -0.4 is 10.6 Å². The second kappa shape index (κ2) is 6.47. The first kappa shape index (κ1) is 15.8. The van der Waals surface area contributed by atoms with Crippen molar-refractivity contribution in [1.82, 2.24) is 5.32 Å². The Morgan fingerprint density at radius 3 is 2.33 bits per heavy atom. The zero-order valence-corrected chi connectivity index (χ0v) is 11.9. The van der Waals surface area contributed by atoms with E-state index in [-0.39, 0.29) is 11.6 Å². The quantitative estimate of drug-likeness (QED) is 0.838. The first-order valence-corrected chi connectivity index (χ1v) is 7.15. The van der Waals surface area contributed by atoms with Crippen LogP contribution >= 0.6 is 0 Å². The molecule has 0 unspecified atom stereocenters. The van der Waals surface area contributed by atoms with Crippen molar-refractivity contribution in [1.29, 1.82) is 0 Å². The number of benzene rings is 1. The van der Waals surface area contributed by atoms with Gasteiger partial charge in [0.05, 0.1) is 5.41 Å². The van der Waals surface area contributed by atoms with E-state index in [1.165, 1.54) is 0 Å². The highest BCUT2D eigenvalue weighted by Crippen LogP contribution is 2.35. The molecule has 0 spiro atoms. The number of hydrogen-bond acceptors (Lipinski definition) is 2. The van der Waals surface area contributed by atoms with Crippen LogP contribution in [0.1, 0.15) is 32.6 Å². The summed E-state index contributed by atoms with van der Waals surface area (Å²) in [4.78, 5) is 12.5. The van der Waals surface area contributed by atoms with E-state index >= 15 is 0 Å². The number of amides is 1. The topological polar surface area (TPSA) is 41.1 Å². The monoisotopic (exact) mass is 300 g/mol. The van der Waals surface area contributed by atoms with Crippen molar-refractivity contribution in [3.8, 4) is 0 Å². The van der Waals surface area contributed by atoms with Crippen molar-refractivity contribution < 1.29 is 18.0 Å². The molecule has 0 saturated carbocycles. The van der Waals surface area contributed by atoms with Gasteiger partial charge in [0.1, 0.15) is 0 Å². The second-order valence-electron chi connectivity index (χ2n) is 5.49. The molecule has 1 aromatic rings. The van der Waals surface area contributed by atoms with E-state index in [1.807, 2.05) is 6.92 Å². The zero-order valence-electron chi connectivity index (χ0n) is 11.9. The number of carbonyl (C=O) groups excluding carboxylic acids is 1. The van der Waals surface area contributed by atoms with E-state index in [0.717, 1.165) is 31.6 Å². The molecular formula is C15H19F3N2O. The molecular weight excluding hydrogens is 281 g/mol. The summed E-state index contributed by atoms with van der Waals surface area (Å²) in [5.74, 6) is -4.39. The fraction of sp³-hybridized carbons (Fsp3) is 0.533. The molecule has 1 aromatic carbocycles. The van der Waals surface area contributed by atoms with Crippen molar-refractivity contribution in [3.63, 3.8) is 0 Å². The molecule has 6 heteroatoms. The summed E-state index contributed by atoms with van der Waals surface area (Å²) < 4.78 is 39.3. The summed E-state index contributed by atoms with van der Waals surface area (Å²) >= 11 is 0. The summed E-state index contributed by atoms with van der Waals surface area (Å²) in [6.07, 6.45) is 2.92. The van der Waals surface area contributed by atoms with Crippen LogP contribution in [0, 0.1) is 22.9 Å². The molecule has 1 fully saturated rings. The van der Waals surface area contributed by atoms with Gasteiger partial charge in [0.2, 0.25) is 5.91 Å². The first-order chi connectivity index (χ1) is 9.98. The van der Waals surface area contributed by atoms with Gasteiger partial charge in [-0.2, -0.15) is 0 Å². The predicted molar refractivity (Wildman–Crippen MR) is 74.4 cm³/mol. The number of hydrogen-bond donors (Lipinski definition) is 2. The number of rotatable bonds is 4. The summed E-state index contributed by atoms with van der Waals surface area (Å²) in [5.41, 5.74) is -0.577. The minimum absolute atomic E-state index is 0.0505. The van der Waals surface area contributed by atoms with Gasteiger partial charge in [-0.1, -0.05) is 13.3 Å². The number of carbonyl (C=O) groups is 1. The maximum Gasteiger partial charge on any atom is 0.230 e. The molecule has 0 bridgehead atoms. The molecule has 1 amide bonds. The Balaban J connectivity index is 2.19. The summed E-state index contributed by atoms with van der Waals surface area (Å²) in [6, 6.07) is 1.61. The molecule has 0 atom stereocenters. The van der Waals surface area contributed by atoms with Crippen LogP contribution in [0.5, 0.6) is 0 Å². The van der Waals surface area contributed by atoms with Crippen molar-refractivity contribution in [3.05, 3.63) is 29.6 Å². The second-order valence-corrected chi connectivity index (χ2v) is 5.49. The van der Waals surface area contributed by atoms with E-state index in [2.05, 4.69) is 10.6 Å². The minimum Gasteiger partial charge on any atom is -0.325 e. The molecule has 0 aliphatic carbocycles. The van der Waals surface area contributed by atoms with Crippen LogP contribution in [-0.4, -0.2) is 19.0 Å². The van der Waals surface area contributed by atoms with E-state index in [1.54, 1.807) is 0 Å². The van der Waals surface area contributed by atoms with E-state index in [4.69, 9.17) is 0 Å². The molecule has 1 saturated heterocycles. The SMILES string of the molecule is CCCC1(C(=O)Nc2cc(F)c(F)c(F)c2)CCNCC1. The normalized spacial score (nSPS) is 17.5. The van der Waals surface area contributed by atoms with Gasteiger partial charge in [-0.05, 0) is 32.4 Å². The Hall–Kier alpha value is -1.56. The lowest BCUT2D eigenvalue weighted by Gasteiger charge is -2.36. The first-order valence-electron chi connectivity index (χ1n) is 7.15. The zero-order chi connectivity index (χ0) is 15.5. The summed E-state index contributed by atoms with van der Waals surface area (Å²) in [7, 11) is 0. The Bertz CT molecular complexity index is 499. The Morgan fingerprint density at radius 1 is 1.24 bits per heavy atom. The molecule has 0 radical (unpaired) electrons. The minimum atomic E-state index is -1.53. The van der Waals surface area contributed by atoms with Crippen LogP contribution in [0.15, 0.2) is 12.1 Å². The van der Waals surface area contributed by atoms with Crippen molar-refractivity contribution in [2.75, 3.05) is 18.4 Å². The Kier molecular flexibility index (Phi) is 4.88. The van der Waals surface area contributed by atoms with Crippen molar-refractivity contribution in [2.24, 2.45) is 5.41 Å². The van der Waals surface area contributed by atoms with Crippen LogP contribution in [0.3, 0.4) is 0 Å². The Labute approximate surface area is 121 Å². The number of nitrogens with one attached hydrogen (secondary N) is 2. The third kappa shape index (κ3) is 3.37. The Morgan fingerprint density at radius 2 is 1.81 bits per heavy atom. The maximum atomic E-state index is 13.2. The number of anilines is 1. The summed E-state index contributed by atoms with van der Waals surface area (Å²) in [5, 5.41) is 5.73. The van der Waals surface area contributed by atoms with Crippen LogP contribution in [-0.2, 0) is 4.79 Å². The molecule has 0 aromatic heterocycles. The van der Waals surface area contributed by atoms with Gasteiger partial charge in [0.15, 0.2) is 17.5 Å². The van der Waals surface area contributed by atoms with Crippen LogP contribution in [0.4, 0.5) is 18.9 Å². The average Bonchev–Trinajstić information content (AvgIpc) is 2.46. The molecule has 1 heterocycles. The van der Waals surface area contributed by atoms with E-state index in [9.17, 15) is 18.0 Å². The highest BCUT2D eigenvalue weighted by atomic mass is 19.2. The lowest BCUT2D eigenvalue weighted by atomic mass is 9.74. The van der Waals surface area contributed by atoms with Gasteiger partial charge < -0.3 is 10.6 Å². The molecule has 2 N–H and O–H groups in total. The van der Waals surface area contributed by atoms with Gasteiger partial charge in [-0.3, -0.25) is 4.79 Å². The summed E-state index contributed by atoms with van der Waals surface area (Å²) in [6.45, 7) is 3.47. The van der Waals surface area contributed by atoms with Gasteiger partial charge >= 0.3 is 0 Å². The van der Waals surface area contributed by atoms with Gasteiger partial charge in [0.25, 0.3) is 0 Å². The third-order valence-electron chi connectivity index (χ3n) is 4.01. The van der Waals surface area contributed by atoms with Gasteiger partial charge in [0, 0.05) is 17.8 Å². The molecule has 3 nitrogen and oxygen atoms in total. The predicted octanol–water partition coefficient (Wildman–Crippen LogP) is 3.21. The lowest BCUT2D eigenvalue weighted by molar-refractivity contribution is -0.127. The van der Waals surface area contributed by atoms with Crippen molar-refractivity contribution in [2.45, 2.75) is 32.6 Å². The molecule has 116 valence electrons. The van der Waals surface area contributed by atoms with Gasteiger partial charge in [-0.15, -0.1) is 0 Å². The van der Waals surface area contributed by atoms with E-state index in [0.29, 0.717) is 19.3 Å².